The maximum absolute atomic E-state index is 4.21. The van der Waals surface area contributed by atoms with E-state index in [1.165, 1.54) is 0 Å². The Balaban J connectivity index is 1.78. The molecule has 100 valence electrons. The van der Waals surface area contributed by atoms with Crippen LogP contribution in [0.2, 0.25) is 0 Å². The first kappa shape index (κ1) is 13.2. The number of hydrogen-bond acceptors (Lipinski definition) is 6. The lowest BCUT2D eigenvalue weighted by Crippen LogP contribution is -2.27. The topological polar surface area (TPSA) is 58.0 Å². The summed E-state index contributed by atoms with van der Waals surface area (Å²) in [6.07, 6.45) is 8.00. The second-order valence-electron chi connectivity index (χ2n) is 4.29. The van der Waals surface area contributed by atoms with Crippen molar-refractivity contribution in [3.63, 3.8) is 0 Å². The molecule has 0 radical (unpaired) electrons. The molecule has 0 aliphatic rings. The second-order valence-corrected chi connectivity index (χ2v) is 4.29. The molecular weight excluding hydrogens is 240 g/mol. The summed E-state index contributed by atoms with van der Waals surface area (Å²) in [5, 5.41) is 0. The average molecular weight is 258 g/mol. The summed E-state index contributed by atoms with van der Waals surface area (Å²) in [6, 6.07) is 3.63. The fourth-order valence-corrected chi connectivity index (χ4v) is 1.72. The molecule has 2 rings (SSSR count). The third-order valence-electron chi connectivity index (χ3n) is 2.77. The predicted octanol–water partition coefficient (Wildman–Crippen LogP) is 1.23. The minimum atomic E-state index is 0.751. The lowest BCUT2D eigenvalue weighted by molar-refractivity contribution is 0.736. The first-order chi connectivity index (χ1) is 9.27. The molecule has 2 heterocycles. The number of hydrogen-bond donors (Lipinski definition) is 0. The first-order valence-electron chi connectivity index (χ1n) is 6.23. The lowest BCUT2D eigenvalue weighted by Gasteiger charge is -2.20. The molecule has 2 aromatic heterocycles. The standard InChI is InChI=1S/C13H18N6/c1-18(12-14-6-3-7-15-12)10-5-11-19(2)13-16-8-4-9-17-13/h3-4,6-9H,5,10-11H2,1-2H3. The van der Waals surface area contributed by atoms with Gasteiger partial charge >= 0.3 is 0 Å². The van der Waals surface area contributed by atoms with E-state index in [2.05, 4.69) is 19.9 Å². The zero-order valence-corrected chi connectivity index (χ0v) is 11.3. The quantitative estimate of drug-likeness (QED) is 0.776. The van der Waals surface area contributed by atoms with E-state index >= 15 is 0 Å². The van der Waals surface area contributed by atoms with Crippen molar-refractivity contribution in [3.8, 4) is 0 Å². The summed E-state index contributed by atoms with van der Waals surface area (Å²) in [7, 11) is 3.99. The minimum absolute atomic E-state index is 0.751. The van der Waals surface area contributed by atoms with E-state index in [1.807, 2.05) is 36.0 Å². The van der Waals surface area contributed by atoms with Crippen molar-refractivity contribution in [3.05, 3.63) is 36.9 Å². The summed E-state index contributed by atoms with van der Waals surface area (Å²) in [5.41, 5.74) is 0. The first-order valence-corrected chi connectivity index (χ1v) is 6.23. The van der Waals surface area contributed by atoms with Gasteiger partial charge in [0.25, 0.3) is 0 Å². The van der Waals surface area contributed by atoms with E-state index in [0.29, 0.717) is 0 Å². The highest BCUT2D eigenvalue weighted by Gasteiger charge is 2.05. The molecule has 6 nitrogen and oxygen atoms in total. The number of nitrogens with zero attached hydrogens (tertiary/aromatic N) is 6. The molecule has 0 saturated carbocycles. The van der Waals surface area contributed by atoms with Crippen LogP contribution in [0.4, 0.5) is 11.9 Å². The Bertz CT molecular complexity index is 430. The van der Waals surface area contributed by atoms with Crippen LogP contribution in [0.15, 0.2) is 36.9 Å². The molecular formula is C13H18N6. The van der Waals surface area contributed by atoms with Gasteiger partial charge in [-0.15, -0.1) is 0 Å². The Kier molecular flexibility index (Phi) is 4.60. The number of aromatic nitrogens is 4. The molecule has 0 bridgehead atoms. The molecule has 0 amide bonds. The third-order valence-corrected chi connectivity index (χ3v) is 2.77. The monoisotopic (exact) mass is 258 g/mol. The zero-order valence-electron chi connectivity index (χ0n) is 11.3. The van der Waals surface area contributed by atoms with E-state index in [9.17, 15) is 0 Å². The summed E-state index contributed by atoms with van der Waals surface area (Å²) in [5.74, 6) is 1.50. The van der Waals surface area contributed by atoms with Crippen LogP contribution >= 0.6 is 0 Å². The average Bonchev–Trinajstić information content (AvgIpc) is 2.49. The Morgan fingerprint density at radius 3 is 1.47 bits per heavy atom. The van der Waals surface area contributed by atoms with Crippen LogP contribution in [0.3, 0.4) is 0 Å². The van der Waals surface area contributed by atoms with Crippen molar-refractivity contribution in [1.29, 1.82) is 0 Å². The summed E-state index contributed by atoms with van der Waals surface area (Å²) < 4.78 is 0. The molecule has 0 saturated heterocycles. The molecule has 0 unspecified atom stereocenters. The lowest BCUT2D eigenvalue weighted by atomic mass is 10.4. The molecule has 0 aromatic carbocycles. The van der Waals surface area contributed by atoms with Gasteiger partial charge in [0.05, 0.1) is 0 Å². The Morgan fingerprint density at radius 2 is 1.11 bits per heavy atom. The fraction of sp³-hybridized carbons (Fsp3) is 0.385. The van der Waals surface area contributed by atoms with Crippen molar-refractivity contribution < 1.29 is 0 Å². The minimum Gasteiger partial charge on any atom is -0.344 e. The van der Waals surface area contributed by atoms with Gasteiger partial charge in [-0.05, 0) is 18.6 Å². The third kappa shape index (κ3) is 3.87. The largest absolute Gasteiger partial charge is 0.344 e. The van der Waals surface area contributed by atoms with Crippen molar-refractivity contribution in [2.45, 2.75) is 6.42 Å². The maximum Gasteiger partial charge on any atom is 0.224 e. The highest BCUT2D eigenvalue weighted by Crippen LogP contribution is 2.05. The van der Waals surface area contributed by atoms with Gasteiger partial charge in [0.15, 0.2) is 0 Å². The van der Waals surface area contributed by atoms with Gasteiger partial charge in [-0.25, -0.2) is 19.9 Å². The Hall–Kier alpha value is -2.24. The number of anilines is 2. The predicted molar refractivity (Wildman–Crippen MR) is 75.2 cm³/mol. The van der Waals surface area contributed by atoms with Crippen LogP contribution in [-0.2, 0) is 0 Å². The highest BCUT2D eigenvalue weighted by molar-refractivity contribution is 5.28. The van der Waals surface area contributed by atoms with Gasteiger partial charge < -0.3 is 9.80 Å². The van der Waals surface area contributed by atoms with Gasteiger partial charge in [-0.2, -0.15) is 0 Å². The van der Waals surface area contributed by atoms with Crippen LogP contribution in [-0.4, -0.2) is 47.1 Å². The summed E-state index contributed by atoms with van der Waals surface area (Å²) >= 11 is 0. The summed E-state index contributed by atoms with van der Waals surface area (Å²) in [4.78, 5) is 20.9. The van der Waals surface area contributed by atoms with Gasteiger partial charge in [-0.3, -0.25) is 0 Å². The van der Waals surface area contributed by atoms with Crippen LogP contribution in [0.25, 0.3) is 0 Å². The fourth-order valence-electron chi connectivity index (χ4n) is 1.72. The Morgan fingerprint density at radius 1 is 0.737 bits per heavy atom. The van der Waals surface area contributed by atoms with Crippen LogP contribution in [0.5, 0.6) is 0 Å². The molecule has 0 aliphatic carbocycles. The molecule has 0 spiro atoms. The van der Waals surface area contributed by atoms with Crippen LogP contribution in [0.1, 0.15) is 6.42 Å². The summed E-state index contributed by atoms with van der Waals surface area (Å²) in [6.45, 7) is 1.78. The molecule has 2 aromatic rings. The molecule has 0 atom stereocenters. The SMILES string of the molecule is CN(CCCN(C)c1ncccn1)c1ncccn1. The highest BCUT2D eigenvalue weighted by atomic mass is 15.2. The van der Waals surface area contributed by atoms with E-state index in [-0.39, 0.29) is 0 Å². The Labute approximate surface area is 113 Å². The van der Waals surface area contributed by atoms with Gasteiger partial charge in [0, 0.05) is 52.0 Å². The smallest absolute Gasteiger partial charge is 0.224 e. The van der Waals surface area contributed by atoms with E-state index in [0.717, 1.165) is 31.4 Å². The molecule has 19 heavy (non-hydrogen) atoms. The normalized spacial score (nSPS) is 10.2. The van der Waals surface area contributed by atoms with E-state index in [4.69, 9.17) is 0 Å². The van der Waals surface area contributed by atoms with Gasteiger partial charge in [-0.1, -0.05) is 0 Å². The van der Waals surface area contributed by atoms with E-state index in [1.54, 1.807) is 24.8 Å². The number of rotatable bonds is 6. The molecule has 0 fully saturated rings. The van der Waals surface area contributed by atoms with Gasteiger partial charge in [0.1, 0.15) is 0 Å². The maximum atomic E-state index is 4.21. The molecule has 0 N–H and O–H groups in total. The van der Waals surface area contributed by atoms with E-state index < -0.39 is 0 Å². The van der Waals surface area contributed by atoms with Crippen LogP contribution in [0, 0.1) is 0 Å². The van der Waals surface area contributed by atoms with Crippen molar-refractivity contribution in [2.24, 2.45) is 0 Å². The van der Waals surface area contributed by atoms with Crippen molar-refractivity contribution >= 4 is 11.9 Å². The van der Waals surface area contributed by atoms with Crippen molar-refractivity contribution in [2.75, 3.05) is 37.0 Å². The molecule has 6 heteroatoms. The van der Waals surface area contributed by atoms with Crippen LogP contribution < -0.4 is 9.80 Å². The zero-order chi connectivity index (χ0) is 13.5. The van der Waals surface area contributed by atoms with Crippen molar-refractivity contribution in [1.82, 2.24) is 19.9 Å². The second kappa shape index (κ2) is 6.63. The van der Waals surface area contributed by atoms with Gasteiger partial charge in [0.2, 0.25) is 11.9 Å². The molecule has 0 aliphatic heterocycles.